The lowest BCUT2D eigenvalue weighted by Crippen LogP contribution is -2.12. The second kappa shape index (κ2) is 4.85. The molecule has 6 heteroatoms. The number of nitrogen functional groups attached to an aromatic ring is 1. The number of benzene rings is 2. The maximum atomic E-state index is 13.1. The van der Waals surface area contributed by atoms with Crippen LogP contribution in [-0.4, -0.2) is 16.1 Å². The van der Waals surface area contributed by atoms with Gasteiger partial charge < -0.3 is 21.3 Å². The second-order valence-electron chi connectivity index (χ2n) is 3.93. The third-order valence-electron chi connectivity index (χ3n) is 2.42. The van der Waals surface area contributed by atoms with Gasteiger partial charge in [-0.2, -0.15) is 0 Å². The number of phenols is 2. The molecule has 0 fully saturated rings. The second-order valence-corrected chi connectivity index (χ2v) is 3.93. The number of nitrogens with one attached hydrogen (secondary N) is 1. The molecule has 0 aliphatic rings. The predicted octanol–water partition coefficient (Wildman–Crippen LogP) is 2.07. The summed E-state index contributed by atoms with van der Waals surface area (Å²) in [7, 11) is 0. The number of phenolic OH excluding ortho intramolecular Hbond substituents is 2. The van der Waals surface area contributed by atoms with E-state index in [0.29, 0.717) is 0 Å². The molecule has 0 aromatic heterocycles. The Morgan fingerprint density at radius 3 is 2.47 bits per heavy atom. The Morgan fingerprint density at radius 2 is 1.84 bits per heavy atom. The number of anilines is 2. The van der Waals surface area contributed by atoms with E-state index in [-0.39, 0.29) is 22.7 Å². The molecule has 0 saturated carbocycles. The van der Waals surface area contributed by atoms with Crippen molar-refractivity contribution in [1.82, 2.24) is 0 Å². The van der Waals surface area contributed by atoms with Crippen molar-refractivity contribution in [3.63, 3.8) is 0 Å². The predicted molar refractivity (Wildman–Crippen MR) is 68.5 cm³/mol. The van der Waals surface area contributed by atoms with E-state index in [4.69, 9.17) is 10.8 Å². The van der Waals surface area contributed by atoms with Gasteiger partial charge in [-0.3, -0.25) is 4.79 Å². The number of amides is 1. The average Bonchev–Trinajstić information content (AvgIpc) is 2.31. The molecule has 2 aromatic rings. The molecule has 1 amide bonds. The van der Waals surface area contributed by atoms with Crippen molar-refractivity contribution in [2.45, 2.75) is 0 Å². The van der Waals surface area contributed by atoms with Crippen LogP contribution < -0.4 is 11.1 Å². The fourth-order valence-corrected chi connectivity index (χ4v) is 1.55. The SMILES string of the molecule is Nc1cc(F)cc(NC(=O)c2ccc(O)c(O)c2)c1. The van der Waals surface area contributed by atoms with Gasteiger partial charge in [0.25, 0.3) is 5.91 Å². The number of carbonyl (C=O) groups excluding carboxylic acids is 1. The van der Waals surface area contributed by atoms with Gasteiger partial charge >= 0.3 is 0 Å². The summed E-state index contributed by atoms with van der Waals surface area (Å²) in [6.45, 7) is 0. The number of carbonyl (C=O) groups is 1. The lowest BCUT2D eigenvalue weighted by molar-refractivity contribution is 0.102. The maximum Gasteiger partial charge on any atom is 0.255 e. The van der Waals surface area contributed by atoms with Crippen LogP contribution in [0.1, 0.15) is 10.4 Å². The van der Waals surface area contributed by atoms with E-state index in [0.717, 1.165) is 18.2 Å². The highest BCUT2D eigenvalue weighted by Crippen LogP contribution is 2.25. The maximum absolute atomic E-state index is 13.1. The Kier molecular flexibility index (Phi) is 3.24. The van der Waals surface area contributed by atoms with Gasteiger partial charge in [0.1, 0.15) is 5.82 Å². The molecule has 98 valence electrons. The van der Waals surface area contributed by atoms with Crippen LogP contribution in [0.5, 0.6) is 11.5 Å². The van der Waals surface area contributed by atoms with Gasteiger partial charge in [0.05, 0.1) is 0 Å². The van der Waals surface area contributed by atoms with Crippen molar-refractivity contribution in [3.05, 3.63) is 47.8 Å². The lowest BCUT2D eigenvalue weighted by atomic mass is 10.2. The molecule has 0 atom stereocenters. The van der Waals surface area contributed by atoms with Gasteiger partial charge in [0.2, 0.25) is 0 Å². The molecular formula is C13H11FN2O3. The summed E-state index contributed by atoms with van der Waals surface area (Å²) in [5, 5.41) is 20.9. The van der Waals surface area contributed by atoms with Gasteiger partial charge in [0.15, 0.2) is 11.5 Å². The quantitative estimate of drug-likeness (QED) is 0.492. The third kappa shape index (κ3) is 2.92. The average molecular weight is 262 g/mol. The molecule has 0 radical (unpaired) electrons. The molecule has 2 rings (SSSR count). The first-order valence-electron chi connectivity index (χ1n) is 5.35. The fraction of sp³-hybridized carbons (Fsp3) is 0. The lowest BCUT2D eigenvalue weighted by Gasteiger charge is -2.07. The van der Waals surface area contributed by atoms with Gasteiger partial charge in [-0.25, -0.2) is 4.39 Å². The topological polar surface area (TPSA) is 95.6 Å². The Hall–Kier alpha value is -2.76. The zero-order valence-electron chi connectivity index (χ0n) is 9.72. The van der Waals surface area contributed by atoms with Crippen molar-refractivity contribution in [1.29, 1.82) is 0 Å². The van der Waals surface area contributed by atoms with Gasteiger partial charge in [-0.1, -0.05) is 0 Å². The molecule has 5 nitrogen and oxygen atoms in total. The van der Waals surface area contributed by atoms with Crippen molar-refractivity contribution in [2.24, 2.45) is 0 Å². The molecule has 0 spiro atoms. The Balaban J connectivity index is 2.22. The summed E-state index contributed by atoms with van der Waals surface area (Å²) in [4.78, 5) is 11.8. The largest absolute Gasteiger partial charge is 0.504 e. The highest BCUT2D eigenvalue weighted by atomic mass is 19.1. The Bertz CT molecular complexity index is 624. The molecule has 0 aliphatic heterocycles. The number of halogens is 1. The zero-order chi connectivity index (χ0) is 14.0. The standard InChI is InChI=1S/C13H11FN2O3/c14-8-4-9(15)6-10(5-8)16-13(19)7-1-2-11(17)12(18)3-7/h1-6,17-18H,15H2,(H,16,19). The monoisotopic (exact) mass is 262 g/mol. The van der Waals surface area contributed by atoms with E-state index in [1.54, 1.807) is 0 Å². The summed E-state index contributed by atoms with van der Waals surface area (Å²) in [6, 6.07) is 7.27. The molecular weight excluding hydrogens is 251 g/mol. The van der Waals surface area contributed by atoms with E-state index in [1.165, 1.54) is 18.2 Å². The van der Waals surface area contributed by atoms with Crippen LogP contribution in [0.2, 0.25) is 0 Å². The van der Waals surface area contributed by atoms with Gasteiger partial charge in [-0.15, -0.1) is 0 Å². The summed E-state index contributed by atoms with van der Waals surface area (Å²) in [5.74, 6) is -1.86. The molecule has 0 heterocycles. The van der Waals surface area contributed by atoms with E-state index in [2.05, 4.69) is 5.32 Å². The minimum Gasteiger partial charge on any atom is -0.504 e. The summed E-state index contributed by atoms with van der Waals surface area (Å²) >= 11 is 0. The van der Waals surface area contributed by atoms with E-state index < -0.39 is 17.5 Å². The first kappa shape index (κ1) is 12.7. The highest BCUT2D eigenvalue weighted by molar-refractivity contribution is 6.04. The highest BCUT2D eigenvalue weighted by Gasteiger charge is 2.10. The fourth-order valence-electron chi connectivity index (χ4n) is 1.55. The molecule has 0 aliphatic carbocycles. The first-order valence-corrected chi connectivity index (χ1v) is 5.35. The number of hydrogen-bond donors (Lipinski definition) is 4. The smallest absolute Gasteiger partial charge is 0.255 e. The summed E-state index contributed by atoms with van der Waals surface area (Å²) in [6.07, 6.45) is 0. The Labute approximate surface area is 108 Å². The van der Waals surface area contributed by atoms with Crippen LogP contribution in [0.25, 0.3) is 0 Å². The van der Waals surface area contributed by atoms with Crippen LogP contribution >= 0.6 is 0 Å². The van der Waals surface area contributed by atoms with Crippen LogP contribution in [-0.2, 0) is 0 Å². The van der Waals surface area contributed by atoms with E-state index in [1.807, 2.05) is 0 Å². The van der Waals surface area contributed by atoms with Crippen LogP contribution in [0.4, 0.5) is 15.8 Å². The first-order chi connectivity index (χ1) is 8.95. The Morgan fingerprint density at radius 1 is 1.11 bits per heavy atom. The molecule has 0 unspecified atom stereocenters. The molecule has 2 aromatic carbocycles. The number of rotatable bonds is 2. The summed E-state index contributed by atoms with van der Waals surface area (Å²) in [5.41, 5.74) is 5.96. The number of hydrogen-bond acceptors (Lipinski definition) is 4. The van der Waals surface area contributed by atoms with Crippen LogP contribution in [0.3, 0.4) is 0 Å². The number of nitrogens with two attached hydrogens (primary N) is 1. The van der Waals surface area contributed by atoms with Crippen molar-refractivity contribution < 1.29 is 19.4 Å². The van der Waals surface area contributed by atoms with Crippen molar-refractivity contribution >= 4 is 17.3 Å². The minimum absolute atomic E-state index is 0.123. The normalized spacial score (nSPS) is 10.2. The summed E-state index contributed by atoms with van der Waals surface area (Å²) < 4.78 is 13.1. The molecule has 19 heavy (non-hydrogen) atoms. The van der Waals surface area contributed by atoms with Crippen molar-refractivity contribution in [2.75, 3.05) is 11.1 Å². The third-order valence-corrected chi connectivity index (χ3v) is 2.42. The molecule has 0 bridgehead atoms. The minimum atomic E-state index is -0.566. The van der Waals surface area contributed by atoms with Gasteiger partial charge in [0, 0.05) is 16.9 Å². The van der Waals surface area contributed by atoms with Crippen LogP contribution in [0.15, 0.2) is 36.4 Å². The van der Waals surface area contributed by atoms with Crippen LogP contribution in [0, 0.1) is 5.82 Å². The van der Waals surface area contributed by atoms with E-state index in [9.17, 15) is 14.3 Å². The van der Waals surface area contributed by atoms with Crippen molar-refractivity contribution in [3.8, 4) is 11.5 Å². The molecule has 5 N–H and O–H groups in total. The zero-order valence-corrected chi connectivity index (χ0v) is 9.72. The van der Waals surface area contributed by atoms with E-state index >= 15 is 0 Å². The van der Waals surface area contributed by atoms with Gasteiger partial charge in [-0.05, 0) is 36.4 Å². The number of aromatic hydroxyl groups is 2. The molecule has 0 saturated heterocycles.